The minimum atomic E-state index is -0.733. The van der Waals surface area contributed by atoms with Crippen LogP contribution in [0.3, 0.4) is 0 Å². The number of halogens is 3. The summed E-state index contributed by atoms with van der Waals surface area (Å²) in [5.74, 6) is -2.23. The molecule has 2 amide bonds. The molecule has 0 fully saturated rings. The van der Waals surface area contributed by atoms with Crippen LogP contribution in [0.25, 0.3) is 0 Å². The third-order valence-electron chi connectivity index (χ3n) is 4.08. The highest BCUT2D eigenvalue weighted by molar-refractivity contribution is 9.10. The second kappa shape index (κ2) is 9.05. The van der Waals surface area contributed by atoms with Crippen molar-refractivity contribution < 1.29 is 18.4 Å². The van der Waals surface area contributed by atoms with Crippen LogP contribution in [0.1, 0.15) is 12.5 Å². The zero-order chi connectivity index (χ0) is 20.1. The lowest BCUT2D eigenvalue weighted by atomic mass is 10.2. The maximum absolute atomic E-state index is 13.7. The number of hydrogen-bond acceptors (Lipinski definition) is 3. The van der Waals surface area contributed by atoms with Crippen LogP contribution < -0.4 is 10.6 Å². The van der Waals surface area contributed by atoms with Crippen molar-refractivity contribution >= 4 is 39.1 Å². The Morgan fingerprint density at radius 2 is 1.81 bits per heavy atom. The van der Waals surface area contributed by atoms with E-state index < -0.39 is 23.6 Å². The molecule has 8 heteroatoms. The largest absolute Gasteiger partial charge is 0.325 e. The highest BCUT2D eigenvalue weighted by atomic mass is 79.9. The summed E-state index contributed by atoms with van der Waals surface area (Å²) >= 11 is 3.36. The van der Waals surface area contributed by atoms with E-state index in [4.69, 9.17) is 0 Å². The third kappa shape index (κ3) is 5.83. The Kier molecular flexibility index (Phi) is 7.04. The summed E-state index contributed by atoms with van der Waals surface area (Å²) in [7, 11) is 1.60. The van der Waals surface area contributed by atoms with Gasteiger partial charge in [-0.3, -0.25) is 14.5 Å². The number of anilines is 2. The second-order valence-corrected chi connectivity index (χ2v) is 7.13. The van der Waals surface area contributed by atoms with Gasteiger partial charge in [0.25, 0.3) is 0 Å². The summed E-state index contributed by atoms with van der Waals surface area (Å²) in [6.45, 7) is 3.40. The normalized spacial score (nSPS) is 12.0. The van der Waals surface area contributed by atoms with Crippen LogP contribution in [0.2, 0.25) is 0 Å². The first-order chi connectivity index (χ1) is 12.7. The molecule has 0 aromatic heterocycles. The van der Waals surface area contributed by atoms with Gasteiger partial charge in [0.2, 0.25) is 11.8 Å². The number of likely N-dealkylation sites (N-methyl/N-ethyl adjacent to an activating group) is 1. The van der Waals surface area contributed by atoms with E-state index in [1.807, 2.05) is 19.1 Å². The first-order valence-corrected chi connectivity index (χ1v) is 8.99. The van der Waals surface area contributed by atoms with Crippen molar-refractivity contribution in [1.29, 1.82) is 0 Å². The topological polar surface area (TPSA) is 61.4 Å². The van der Waals surface area contributed by atoms with Gasteiger partial charge in [-0.25, -0.2) is 8.78 Å². The number of carbonyl (C=O) groups excluding carboxylic acids is 2. The maximum atomic E-state index is 13.7. The van der Waals surface area contributed by atoms with E-state index in [0.717, 1.165) is 28.2 Å². The Labute approximate surface area is 164 Å². The van der Waals surface area contributed by atoms with Crippen molar-refractivity contribution in [3.05, 3.63) is 58.1 Å². The number of hydrogen-bond donors (Lipinski definition) is 2. The Bertz CT molecular complexity index is 861. The lowest BCUT2D eigenvalue weighted by Crippen LogP contribution is -2.43. The standard InChI is InChI=1S/C19H20BrF2N3O2/c1-11-8-13(20)4-7-16(11)23-18(26)10-25(3)12(2)19(27)24-17-9-14(21)5-6-15(17)22/h4-9,12H,10H2,1-3H3,(H,23,26)(H,24,27). The lowest BCUT2D eigenvalue weighted by molar-refractivity contribution is -0.122. The van der Waals surface area contributed by atoms with Crippen molar-refractivity contribution in [2.75, 3.05) is 24.2 Å². The molecule has 0 radical (unpaired) electrons. The predicted octanol–water partition coefficient (Wildman–Crippen LogP) is 3.93. The first-order valence-electron chi connectivity index (χ1n) is 8.19. The van der Waals surface area contributed by atoms with Gasteiger partial charge in [0.15, 0.2) is 0 Å². The van der Waals surface area contributed by atoms with Crippen LogP contribution in [-0.4, -0.2) is 36.3 Å². The molecule has 2 aromatic carbocycles. The van der Waals surface area contributed by atoms with Gasteiger partial charge in [0.1, 0.15) is 11.6 Å². The number of rotatable bonds is 6. The molecule has 0 aliphatic heterocycles. The van der Waals surface area contributed by atoms with Crippen molar-refractivity contribution in [3.63, 3.8) is 0 Å². The fourth-order valence-corrected chi connectivity index (χ4v) is 2.83. The fraction of sp³-hybridized carbons (Fsp3) is 0.263. The van der Waals surface area contributed by atoms with Crippen molar-refractivity contribution in [3.8, 4) is 0 Å². The van der Waals surface area contributed by atoms with Gasteiger partial charge in [-0.1, -0.05) is 15.9 Å². The molecule has 0 bridgehead atoms. The summed E-state index contributed by atoms with van der Waals surface area (Å²) in [5.41, 5.74) is 1.33. The summed E-state index contributed by atoms with van der Waals surface area (Å²) in [6.07, 6.45) is 0. The van der Waals surface area contributed by atoms with E-state index in [9.17, 15) is 18.4 Å². The molecule has 5 nitrogen and oxygen atoms in total. The average molecular weight is 440 g/mol. The molecule has 0 saturated heterocycles. The average Bonchev–Trinajstić information content (AvgIpc) is 2.59. The van der Waals surface area contributed by atoms with E-state index in [-0.39, 0.29) is 18.1 Å². The highest BCUT2D eigenvalue weighted by Gasteiger charge is 2.21. The van der Waals surface area contributed by atoms with Crippen LogP contribution in [0, 0.1) is 18.6 Å². The summed E-state index contributed by atoms with van der Waals surface area (Å²) in [4.78, 5) is 26.0. The predicted molar refractivity (Wildman–Crippen MR) is 105 cm³/mol. The lowest BCUT2D eigenvalue weighted by Gasteiger charge is -2.23. The maximum Gasteiger partial charge on any atom is 0.241 e. The molecule has 0 aliphatic rings. The zero-order valence-electron chi connectivity index (χ0n) is 15.1. The van der Waals surface area contributed by atoms with Crippen LogP contribution in [0.15, 0.2) is 40.9 Å². The molecule has 144 valence electrons. The molecule has 1 atom stereocenters. The van der Waals surface area contributed by atoms with Gasteiger partial charge in [0.05, 0.1) is 18.3 Å². The molecule has 27 heavy (non-hydrogen) atoms. The molecule has 0 aliphatic carbocycles. The van der Waals surface area contributed by atoms with Crippen LogP contribution >= 0.6 is 15.9 Å². The van der Waals surface area contributed by atoms with Crippen molar-refractivity contribution in [2.45, 2.75) is 19.9 Å². The van der Waals surface area contributed by atoms with Gasteiger partial charge in [-0.05, 0) is 56.8 Å². The monoisotopic (exact) mass is 439 g/mol. The molecule has 0 heterocycles. The first kappa shape index (κ1) is 21.0. The number of nitrogens with one attached hydrogen (secondary N) is 2. The molecule has 0 saturated carbocycles. The van der Waals surface area contributed by atoms with E-state index in [0.29, 0.717) is 5.69 Å². The summed E-state index contributed by atoms with van der Waals surface area (Å²) in [6, 6.07) is 7.55. The smallest absolute Gasteiger partial charge is 0.241 e. The molecular formula is C19H20BrF2N3O2. The highest BCUT2D eigenvalue weighted by Crippen LogP contribution is 2.20. The van der Waals surface area contributed by atoms with E-state index in [2.05, 4.69) is 26.6 Å². The molecule has 2 rings (SSSR count). The van der Waals surface area contributed by atoms with Gasteiger partial charge < -0.3 is 10.6 Å². The summed E-state index contributed by atoms with van der Waals surface area (Å²) in [5, 5.41) is 5.12. The van der Waals surface area contributed by atoms with Crippen LogP contribution in [0.5, 0.6) is 0 Å². The Morgan fingerprint density at radius 3 is 2.48 bits per heavy atom. The molecule has 2 aromatic rings. The summed E-state index contributed by atoms with van der Waals surface area (Å²) < 4.78 is 27.8. The third-order valence-corrected chi connectivity index (χ3v) is 4.58. The SMILES string of the molecule is Cc1cc(Br)ccc1NC(=O)CN(C)C(C)C(=O)Nc1cc(F)ccc1F. The Balaban J connectivity index is 1.95. The van der Waals surface area contributed by atoms with Gasteiger partial charge in [-0.2, -0.15) is 0 Å². The van der Waals surface area contributed by atoms with Gasteiger partial charge in [-0.15, -0.1) is 0 Å². The Hall–Kier alpha value is -2.32. The minimum absolute atomic E-state index is 0.0459. The second-order valence-electron chi connectivity index (χ2n) is 6.21. The van der Waals surface area contributed by atoms with Crippen molar-refractivity contribution in [2.24, 2.45) is 0 Å². The van der Waals surface area contributed by atoms with Crippen LogP contribution in [0.4, 0.5) is 20.2 Å². The number of aryl methyl sites for hydroxylation is 1. The number of carbonyl (C=O) groups is 2. The van der Waals surface area contributed by atoms with Gasteiger partial charge in [0, 0.05) is 16.2 Å². The number of nitrogens with zero attached hydrogens (tertiary/aromatic N) is 1. The molecule has 2 N–H and O–H groups in total. The van der Waals surface area contributed by atoms with E-state index in [1.54, 1.807) is 20.0 Å². The zero-order valence-corrected chi connectivity index (χ0v) is 16.7. The fourth-order valence-electron chi connectivity index (χ4n) is 2.35. The Morgan fingerprint density at radius 1 is 1.11 bits per heavy atom. The molecule has 0 spiro atoms. The van der Waals surface area contributed by atoms with Crippen LogP contribution in [-0.2, 0) is 9.59 Å². The van der Waals surface area contributed by atoms with Crippen molar-refractivity contribution in [1.82, 2.24) is 4.90 Å². The number of benzene rings is 2. The quantitative estimate of drug-likeness (QED) is 0.716. The van der Waals surface area contributed by atoms with E-state index >= 15 is 0 Å². The minimum Gasteiger partial charge on any atom is -0.325 e. The van der Waals surface area contributed by atoms with Gasteiger partial charge >= 0.3 is 0 Å². The molecule has 1 unspecified atom stereocenters. The van der Waals surface area contributed by atoms with E-state index in [1.165, 1.54) is 4.90 Å². The molecular weight excluding hydrogens is 420 g/mol. The number of amides is 2.